The van der Waals surface area contributed by atoms with Crippen molar-refractivity contribution in [3.63, 3.8) is 0 Å². The van der Waals surface area contributed by atoms with Gasteiger partial charge in [-0.15, -0.1) is 0 Å². The summed E-state index contributed by atoms with van der Waals surface area (Å²) in [7, 11) is 3.25. The molecule has 1 aliphatic rings. The second-order valence-electron chi connectivity index (χ2n) is 7.89. The van der Waals surface area contributed by atoms with Gasteiger partial charge in [0, 0.05) is 23.8 Å². The van der Waals surface area contributed by atoms with E-state index >= 15 is 0 Å². The summed E-state index contributed by atoms with van der Waals surface area (Å²) in [4.78, 5) is 4.90. The van der Waals surface area contributed by atoms with Crippen molar-refractivity contribution in [2.75, 3.05) is 26.8 Å². The van der Waals surface area contributed by atoms with E-state index in [1.165, 1.54) is 35.7 Å². The summed E-state index contributed by atoms with van der Waals surface area (Å²) in [6.45, 7) is 2.57. The molecule has 0 N–H and O–H groups in total. The Balaban J connectivity index is 1.88. The van der Waals surface area contributed by atoms with Crippen LogP contribution in [0, 0.1) is 11.3 Å². The van der Waals surface area contributed by atoms with Gasteiger partial charge in [-0.3, -0.25) is 0 Å². The Morgan fingerprint density at radius 3 is 2.33 bits per heavy atom. The van der Waals surface area contributed by atoms with E-state index in [4.69, 9.17) is 19.2 Å². The summed E-state index contributed by atoms with van der Waals surface area (Å²) < 4.78 is 16.5. The fourth-order valence-electron chi connectivity index (χ4n) is 4.15. The molecule has 0 bridgehead atoms. The molecule has 170 valence electrons. The number of hydrogen-bond donors (Lipinski definition) is 0. The molecule has 1 heterocycles. The number of nitrogens with zero attached hydrogens (tertiary/aromatic N) is 2. The lowest BCUT2D eigenvalue weighted by molar-refractivity contribution is 0.199. The minimum absolute atomic E-state index is 0.437. The summed E-state index contributed by atoms with van der Waals surface area (Å²) in [6, 6.07) is 16.7. The quantitative estimate of drug-likeness (QED) is 0.224. The van der Waals surface area contributed by atoms with Crippen LogP contribution < -0.4 is 9.47 Å². The Labute approximate surface area is 199 Å². The van der Waals surface area contributed by atoms with Crippen LogP contribution in [0.25, 0.3) is 22.4 Å². The lowest BCUT2D eigenvalue weighted by Gasteiger charge is -2.18. The molecule has 0 radical (unpaired) electrons. The monoisotopic (exact) mass is 460 g/mol. The SMILES string of the molecule is CCOCSc1nc(-c2ccc3c(c2)CCCC3)cc(-c2cc(OC)cc(OC)c2)c1C#N. The normalized spacial score (nSPS) is 12.7. The Morgan fingerprint density at radius 1 is 0.939 bits per heavy atom. The average Bonchev–Trinajstić information content (AvgIpc) is 2.87. The van der Waals surface area contributed by atoms with Gasteiger partial charge in [-0.1, -0.05) is 23.9 Å². The van der Waals surface area contributed by atoms with E-state index < -0.39 is 0 Å². The highest BCUT2D eigenvalue weighted by molar-refractivity contribution is 7.99. The van der Waals surface area contributed by atoms with Crippen LogP contribution in [0.4, 0.5) is 0 Å². The maximum Gasteiger partial charge on any atom is 0.123 e. The number of benzene rings is 2. The number of ether oxygens (including phenoxy) is 3. The van der Waals surface area contributed by atoms with Crippen molar-refractivity contribution in [2.45, 2.75) is 37.6 Å². The summed E-state index contributed by atoms with van der Waals surface area (Å²) in [6.07, 6.45) is 4.72. The third-order valence-corrected chi connectivity index (χ3v) is 6.74. The Morgan fingerprint density at radius 2 is 1.67 bits per heavy atom. The van der Waals surface area contributed by atoms with E-state index in [-0.39, 0.29) is 0 Å². The molecular formula is C27H28N2O3S. The van der Waals surface area contributed by atoms with Crippen LogP contribution in [-0.4, -0.2) is 31.7 Å². The number of hydrogen-bond acceptors (Lipinski definition) is 6. The highest BCUT2D eigenvalue weighted by atomic mass is 32.2. The van der Waals surface area contributed by atoms with Crippen LogP contribution in [0.3, 0.4) is 0 Å². The molecule has 0 atom stereocenters. The topological polar surface area (TPSA) is 64.4 Å². The number of methoxy groups -OCH3 is 2. The van der Waals surface area contributed by atoms with Gasteiger partial charge in [-0.25, -0.2) is 4.98 Å². The van der Waals surface area contributed by atoms with E-state index in [1.54, 1.807) is 14.2 Å². The molecular weight excluding hydrogens is 432 g/mol. The van der Waals surface area contributed by atoms with Gasteiger partial charge in [-0.05, 0) is 73.6 Å². The highest BCUT2D eigenvalue weighted by Gasteiger charge is 2.18. The van der Waals surface area contributed by atoms with Gasteiger partial charge >= 0.3 is 0 Å². The Kier molecular flexibility index (Phi) is 7.54. The summed E-state index contributed by atoms with van der Waals surface area (Å²) in [5.74, 6) is 1.78. The number of pyridine rings is 1. The van der Waals surface area contributed by atoms with Crippen LogP contribution in [0.15, 0.2) is 47.5 Å². The first-order valence-electron chi connectivity index (χ1n) is 11.2. The molecule has 5 nitrogen and oxygen atoms in total. The van der Waals surface area contributed by atoms with Crippen molar-refractivity contribution in [3.8, 4) is 40.0 Å². The lowest BCUT2D eigenvalue weighted by atomic mass is 9.89. The fourth-order valence-corrected chi connectivity index (χ4v) is 4.97. The van der Waals surface area contributed by atoms with Crippen LogP contribution in [0.2, 0.25) is 0 Å². The maximum absolute atomic E-state index is 10.1. The number of thioether (sulfide) groups is 1. The van der Waals surface area contributed by atoms with Gasteiger partial charge in [0.05, 0.1) is 31.4 Å². The molecule has 4 rings (SSSR count). The molecule has 0 fully saturated rings. The molecule has 0 saturated carbocycles. The Bertz CT molecular complexity index is 1160. The molecule has 3 aromatic rings. The van der Waals surface area contributed by atoms with Crippen LogP contribution >= 0.6 is 11.8 Å². The zero-order chi connectivity index (χ0) is 23.2. The van der Waals surface area contributed by atoms with Crippen molar-refractivity contribution in [2.24, 2.45) is 0 Å². The largest absolute Gasteiger partial charge is 0.497 e. The standard InChI is InChI=1S/C27H28N2O3S/c1-4-32-17-33-27-25(16-28)24(21-12-22(30-2)14-23(13-21)31-3)15-26(29-27)20-10-9-18-7-5-6-8-19(18)11-20/h9-15H,4-8,17H2,1-3H3. The fraction of sp³-hybridized carbons (Fsp3) is 0.333. The zero-order valence-electron chi connectivity index (χ0n) is 19.3. The van der Waals surface area contributed by atoms with Gasteiger partial charge in [0.15, 0.2) is 0 Å². The second kappa shape index (κ2) is 10.7. The zero-order valence-corrected chi connectivity index (χ0v) is 20.1. The number of aromatic nitrogens is 1. The molecule has 1 aliphatic carbocycles. The van der Waals surface area contributed by atoms with Gasteiger partial charge in [0.1, 0.15) is 22.6 Å². The van der Waals surface area contributed by atoms with E-state index in [9.17, 15) is 5.26 Å². The molecule has 2 aromatic carbocycles. The molecule has 0 amide bonds. The Hall–Kier alpha value is -3.01. The molecule has 6 heteroatoms. The molecule has 33 heavy (non-hydrogen) atoms. The maximum atomic E-state index is 10.1. The first-order chi connectivity index (χ1) is 16.2. The van der Waals surface area contributed by atoms with Crippen molar-refractivity contribution in [1.29, 1.82) is 5.26 Å². The minimum atomic E-state index is 0.437. The summed E-state index contributed by atoms with van der Waals surface area (Å²) in [5, 5.41) is 10.7. The number of aryl methyl sites for hydroxylation is 2. The smallest absolute Gasteiger partial charge is 0.123 e. The molecule has 0 unspecified atom stereocenters. The summed E-state index contributed by atoms with van der Waals surface area (Å²) in [5.41, 5.74) is 6.92. The second-order valence-corrected chi connectivity index (χ2v) is 8.81. The predicted octanol–water partition coefficient (Wildman–Crippen LogP) is 6.27. The van der Waals surface area contributed by atoms with Gasteiger partial charge in [0.25, 0.3) is 0 Å². The van der Waals surface area contributed by atoms with Crippen molar-refractivity contribution < 1.29 is 14.2 Å². The molecule has 1 aromatic heterocycles. The minimum Gasteiger partial charge on any atom is -0.497 e. The third kappa shape index (κ3) is 5.16. The van der Waals surface area contributed by atoms with Gasteiger partial charge in [0.2, 0.25) is 0 Å². The highest BCUT2D eigenvalue weighted by Crippen LogP contribution is 2.38. The number of rotatable bonds is 8. The predicted molar refractivity (Wildman–Crippen MR) is 132 cm³/mol. The van der Waals surface area contributed by atoms with Crippen LogP contribution in [0.1, 0.15) is 36.5 Å². The first-order valence-corrected chi connectivity index (χ1v) is 12.2. The molecule has 0 spiro atoms. The van der Waals surface area contributed by atoms with E-state index in [0.717, 1.165) is 35.2 Å². The molecule has 0 aliphatic heterocycles. The van der Waals surface area contributed by atoms with Gasteiger partial charge in [-0.2, -0.15) is 5.26 Å². The first kappa shape index (κ1) is 23.2. The van der Waals surface area contributed by atoms with Crippen LogP contribution in [-0.2, 0) is 17.6 Å². The van der Waals surface area contributed by atoms with E-state index in [1.807, 2.05) is 31.2 Å². The van der Waals surface area contributed by atoms with E-state index in [2.05, 4.69) is 24.3 Å². The average molecular weight is 461 g/mol. The van der Waals surface area contributed by atoms with Crippen LogP contribution in [0.5, 0.6) is 11.5 Å². The molecule has 0 saturated heterocycles. The number of fused-ring (bicyclic) bond motifs is 1. The van der Waals surface area contributed by atoms with Crippen molar-refractivity contribution in [1.82, 2.24) is 4.98 Å². The van der Waals surface area contributed by atoms with Crippen molar-refractivity contribution in [3.05, 3.63) is 59.2 Å². The van der Waals surface area contributed by atoms with Gasteiger partial charge < -0.3 is 14.2 Å². The lowest BCUT2D eigenvalue weighted by Crippen LogP contribution is -2.03. The van der Waals surface area contributed by atoms with E-state index in [0.29, 0.717) is 34.6 Å². The number of nitriles is 1. The summed E-state index contributed by atoms with van der Waals surface area (Å²) >= 11 is 1.44. The third-order valence-electron chi connectivity index (χ3n) is 5.89. The van der Waals surface area contributed by atoms with Crippen molar-refractivity contribution >= 4 is 11.8 Å².